The molecule has 0 spiro atoms. The third kappa shape index (κ3) is 6.12. The van der Waals surface area contributed by atoms with E-state index in [-0.39, 0.29) is 42.5 Å². The number of aliphatic imine (C=N–C) groups is 1. The minimum absolute atomic E-state index is 0. The summed E-state index contributed by atoms with van der Waals surface area (Å²) in [7, 11) is 0. The van der Waals surface area contributed by atoms with Crippen molar-refractivity contribution in [2.75, 3.05) is 19.6 Å². The van der Waals surface area contributed by atoms with Gasteiger partial charge in [0.05, 0.1) is 18.2 Å². The summed E-state index contributed by atoms with van der Waals surface area (Å²) in [6, 6.07) is 10.4. The van der Waals surface area contributed by atoms with Gasteiger partial charge in [0, 0.05) is 13.1 Å². The van der Waals surface area contributed by atoms with E-state index in [1.54, 1.807) is 0 Å². The van der Waals surface area contributed by atoms with E-state index < -0.39 is 0 Å². The Labute approximate surface area is 172 Å². The summed E-state index contributed by atoms with van der Waals surface area (Å²) < 4.78 is 5.86. The summed E-state index contributed by atoms with van der Waals surface area (Å²) in [5, 5.41) is 9.55. The Kier molecular flexibility index (Phi) is 8.64. The molecule has 2 fully saturated rings. The van der Waals surface area contributed by atoms with Crippen LogP contribution in [-0.4, -0.2) is 49.8 Å². The molecule has 3 atom stereocenters. The number of carbonyl (C=O) groups is 1. The molecular formula is C19H29IN4O2. The van der Waals surface area contributed by atoms with Gasteiger partial charge in [0.15, 0.2) is 5.96 Å². The molecule has 144 valence electrons. The van der Waals surface area contributed by atoms with Gasteiger partial charge in [-0.15, -0.1) is 24.0 Å². The Hall–Kier alpha value is -1.35. The number of halogens is 1. The fraction of sp³-hybridized carbons (Fsp3) is 0.579. The Morgan fingerprint density at radius 3 is 2.69 bits per heavy atom. The lowest BCUT2D eigenvalue weighted by Gasteiger charge is -2.22. The molecule has 0 aliphatic carbocycles. The summed E-state index contributed by atoms with van der Waals surface area (Å²) in [6.07, 6.45) is 4.82. The number of carbonyl (C=O) groups excluding carboxylic acids is 1. The van der Waals surface area contributed by atoms with Crippen molar-refractivity contribution in [3.63, 3.8) is 0 Å². The average Bonchev–Trinajstić information content (AvgIpc) is 3.24. The molecule has 2 aliphatic heterocycles. The predicted octanol–water partition coefficient (Wildman–Crippen LogP) is 1.84. The van der Waals surface area contributed by atoms with Gasteiger partial charge in [0.1, 0.15) is 6.54 Å². The predicted molar refractivity (Wildman–Crippen MR) is 114 cm³/mol. The molecule has 2 bridgehead atoms. The van der Waals surface area contributed by atoms with E-state index in [2.05, 4.69) is 33.1 Å². The molecule has 3 N–H and O–H groups in total. The molecule has 6 nitrogen and oxygen atoms in total. The minimum Gasteiger partial charge on any atom is -0.373 e. The molecule has 7 heteroatoms. The first-order valence-corrected chi connectivity index (χ1v) is 9.25. The van der Waals surface area contributed by atoms with E-state index >= 15 is 0 Å². The number of ether oxygens (including phenoxy) is 1. The van der Waals surface area contributed by atoms with Gasteiger partial charge in [-0.3, -0.25) is 4.79 Å². The minimum atomic E-state index is -0.0580. The smallest absolute Gasteiger partial charge is 0.241 e. The largest absolute Gasteiger partial charge is 0.373 e. The van der Waals surface area contributed by atoms with Crippen molar-refractivity contribution in [1.82, 2.24) is 16.0 Å². The Morgan fingerprint density at radius 2 is 2.04 bits per heavy atom. The first kappa shape index (κ1) is 21.0. The van der Waals surface area contributed by atoms with Crippen LogP contribution in [-0.2, 0) is 16.0 Å². The van der Waals surface area contributed by atoms with E-state index in [0.29, 0.717) is 24.7 Å². The number of rotatable bonds is 7. The van der Waals surface area contributed by atoms with Crippen molar-refractivity contribution in [1.29, 1.82) is 0 Å². The molecule has 1 amide bonds. The first-order chi connectivity index (χ1) is 12.2. The number of hydrogen-bond donors (Lipinski definition) is 3. The second-order valence-electron chi connectivity index (χ2n) is 6.64. The molecule has 2 saturated heterocycles. The van der Waals surface area contributed by atoms with Crippen LogP contribution in [0.3, 0.4) is 0 Å². The highest BCUT2D eigenvalue weighted by Crippen LogP contribution is 2.34. The van der Waals surface area contributed by atoms with Crippen LogP contribution in [0.4, 0.5) is 0 Å². The fourth-order valence-corrected chi connectivity index (χ4v) is 3.48. The molecule has 3 unspecified atom stereocenters. The number of hydrogen-bond acceptors (Lipinski definition) is 3. The van der Waals surface area contributed by atoms with Crippen molar-refractivity contribution in [3.8, 4) is 0 Å². The van der Waals surface area contributed by atoms with Crippen LogP contribution in [0.1, 0.15) is 31.7 Å². The van der Waals surface area contributed by atoms with Crippen molar-refractivity contribution in [3.05, 3.63) is 35.9 Å². The fourth-order valence-electron chi connectivity index (χ4n) is 3.48. The quantitative estimate of drug-likeness (QED) is 0.322. The summed E-state index contributed by atoms with van der Waals surface area (Å²) >= 11 is 0. The van der Waals surface area contributed by atoms with Crippen molar-refractivity contribution in [2.24, 2.45) is 4.99 Å². The molecule has 0 aromatic heterocycles. The van der Waals surface area contributed by atoms with E-state index in [9.17, 15) is 4.79 Å². The molecule has 2 aliphatic rings. The van der Waals surface area contributed by atoms with Gasteiger partial charge < -0.3 is 20.7 Å². The van der Waals surface area contributed by atoms with E-state index in [1.807, 2.05) is 25.1 Å². The lowest BCUT2D eigenvalue weighted by molar-refractivity contribution is -0.119. The molecule has 0 saturated carbocycles. The molecule has 1 aromatic carbocycles. The Morgan fingerprint density at radius 1 is 1.23 bits per heavy atom. The average molecular weight is 472 g/mol. The highest BCUT2D eigenvalue weighted by molar-refractivity contribution is 14.0. The summed E-state index contributed by atoms with van der Waals surface area (Å²) in [5.74, 6) is 0.638. The van der Waals surface area contributed by atoms with E-state index in [1.165, 1.54) is 12.0 Å². The van der Waals surface area contributed by atoms with Crippen LogP contribution in [0.15, 0.2) is 35.3 Å². The van der Waals surface area contributed by atoms with Crippen LogP contribution in [0.25, 0.3) is 0 Å². The standard InChI is InChI=1S/C19H28N4O2.HI/c1-2-20-19(23-16-12-15-8-9-17(16)25-15)22-13-18(24)21-11-10-14-6-4-3-5-7-14;/h3-7,15-17H,2,8-13H2,1H3,(H,21,24)(H2,20,22,23);1H. The lowest BCUT2D eigenvalue weighted by Crippen LogP contribution is -2.47. The van der Waals surface area contributed by atoms with Gasteiger partial charge in [0.25, 0.3) is 0 Å². The number of fused-ring (bicyclic) bond motifs is 2. The number of amides is 1. The summed E-state index contributed by atoms with van der Waals surface area (Å²) in [5.41, 5.74) is 1.22. The van der Waals surface area contributed by atoms with E-state index in [4.69, 9.17) is 4.74 Å². The van der Waals surface area contributed by atoms with Crippen LogP contribution in [0.2, 0.25) is 0 Å². The van der Waals surface area contributed by atoms with Gasteiger partial charge >= 0.3 is 0 Å². The maximum Gasteiger partial charge on any atom is 0.241 e. The second kappa shape index (κ2) is 10.7. The monoisotopic (exact) mass is 472 g/mol. The highest BCUT2D eigenvalue weighted by atomic mass is 127. The zero-order valence-electron chi connectivity index (χ0n) is 15.2. The number of nitrogens with zero attached hydrogens (tertiary/aromatic N) is 1. The molecule has 0 radical (unpaired) electrons. The number of nitrogens with one attached hydrogen (secondary N) is 3. The Balaban J connectivity index is 0.00000243. The van der Waals surface area contributed by atoms with Crippen LogP contribution in [0, 0.1) is 0 Å². The summed E-state index contributed by atoms with van der Waals surface area (Å²) in [6.45, 7) is 3.55. The van der Waals surface area contributed by atoms with Crippen molar-refractivity contribution in [2.45, 2.75) is 50.9 Å². The lowest BCUT2D eigenvalue weighted by atomic mass is 9.96. The molecular weight excluding hydrogens is 443 g/mol. The first-order valence-electron chi connectivity index (χ1n) is 9.25. The summed E-state index contributed by atoms with van der Waals surface area (Å²) in [4.78, 5) is 16.4. The maximum absolute atomic E-state index is 12.0. The van der Waals surface area contributed by atoms with Gasteiger partial charge in [-0.1, -0.05) is 30.3 Å². The van der Waals surface area contributed by atoms with Crippen LogP contribution >= 0.6 is 24.0 Å². The Bertz CT molecular complexity index is 596. The molecule has 3 rings (SSSR count). The number of guanidine groups is 1. The van der Waals surface area contributed by atoms with Crippen LogP contribution < -0.4 is 16.0 Å². The van der Waals surface area contributed by atoms with Gasteiger partial charge in [-0.05, 0) is 38.2 Å². The third-order valence-corrected chi connectivity index (χ3v) is 4.73. The molecule has 1 aromatic rings. The maximum atomic E-state index is 12.0. The third-order valence-electron chi connectivity index (χ3n) is 4.73. The van der Waals surface area contributed by atoms with E-state index in [0.717, 1.165) is 25.8 Å². The normalized spacial score (nSPS) is 24.0. The second-order valence-corrected chi connectivity index (χ2v) is 6.64. The van der Waals surface area contributed by atoms with Gasteiger partial charge in [-0.2, -0.15) is 0 Å². The molecule has 2 heterocycles. The molecule has 26 heavy (non-hydrogen) atoms. The highest BCUT2D eigenvalue weighted by Gasteiger charge is 2.41. The van der Waals surface area contributed by atoms with Crippen molar-refractivity contribution >= 4 is 35.8 Å². The number of benzene rings is 1. The van der Waals surface area contributed by atoms with Gasteiger partial charge in [0.2, 0.25) is 5.91 Å². The SMILES string of the molecule is CCNC(=NCC(=O)NCCc1ccccc1)NC1CC2CCC1O2.I. The topological polar surface area (TPSA) is 74.8 Å². The zero-order chi connectivity index (χ0) is 17.5. The van der Waals surface area contributed by atoms with Gasteiger partial charge in [-0.25, -0.2) is 4.99 Å². The van der Waals surface area contributed by atoms with Crippen molar-refractivity contribution < 1.29 is 9.53 Å². The van der Waals surface area contributed by atoms with Crippen LogP contribution in [0.5, 0.6) is 0 Å². The zero-order valence-corrected chi connectivity index (χ0v) is 17.6.